The van der Waals surface area contributed by atoms with Gasteiger partial charge in [-0.2, -0.15) is 0 Å². The van der Waals surface area contributed by atoms with Crippen LogP contribution in [0, 0.1) is 10.1 Å². The van der Waals surface area contributed by atoms with Gasteiger partial charge in [0.2, 0.25) is 0 Å². The zero-order valence-electron chi connectivity index (χ0n) is 9.02. The van der Waals surface area contributed by atoms with Crippen LogP contribution in [0.25, 0.3) is 0 Å². The SMILES string of the molecule is COc1c(CN)cnc([N+](=O)[O-])c1OC(F)(F)F. The van der Waals surface area contributed by atoms with Crippen LogP contribution in [-0.4, -0.2) is 23.4 Å². The number of nitro groups is 1. The zero-order valence-corrected chi connectivity index (χ0v) is 9.02. The highest BCUT2D eigenvalue weighted by Crippen LogP contribution is 2.40. The third-order valence-electron chi connectivity index (χ3n) is 1.86. The minimum atomic E-state index is -5.10. The number of alkyl halides is 3. The summed E-state index contributed by atoms with van der Waals surface area (Å²) >= 11 is 0. The molecule has 0 radical (unpaired) electrons. The summed E-state index contributed by atoms with van der Waals surface area (Å²) in [5.74, 6) is -2.67. The van der Waals surface area contributed by atoms with Gasteiger partial charge in [-0.05, 0) is 9.91 Å². The maximum Gasteiger partial charge on any atom is 0.573 e. The lowest BCUT2D eigenvalue weighted by atomic mass is 10.2. The number of hydrogen-bond donors (Lipinski definition) is 1. The molecular formula is C8H8F3N3O4. The Balaban J connectivity index is 3.43. The molecule has 1 rings (SSSR count). The average Bonchev–Trinajstić information content (AvgIpc) is 2.25. The van der Waals surface area contributed by atoms with Crippen LogP contribution in [0.1, 0.15) is 5.56 Å². The first-order valence-electron chi connectivity index (χ1n) is 4.46. The average molecular weight is 267 g/mol. The molecule has 1 heterocycles. The van der Waals surface area contributed by atoms with Crippen molar-refractivity contribution in [1.82, 2.24) is 4.98 Å². The number of nitrogens with two attached hydrogens (primary N) is 1. The Kier molecular flexibility index (Phi) is 3.91. The fourth-order valence-electron chi connectivity index (χ4n) is 1.21. The third-order valence-corrected chi connectivity index (χ3v) is 1.86. The molecule has 0 aromatic carbocycles. The first-order chi connectivity index (χ1) is 8.30. The van der Waals surface area contributed by atoms with E-state index in [0.717, 1.165) is 13.3 Å². The smallest absolute Gasteiger partial charge is 0.492 e. The Bertz CT molecular complexity index is 464. The van der Waals surface area contributed by atoms with E-state index in [1.54, 1.807) is 0 Å². The van der Waals surface area contributed by atoms with Crippen molar-refractivity contribution >= 4 is 5.82 Å². The van der Waals surface area contributed by atoms with Crippen LogP contribution in [-0.2, 0) is 6.54 Å². The number of hydrogen-bond acceptors (Lipinski definition) is 6. The van der Waals surface area contributed by atoms with E-state index in [9.17, 15) is 23.3 Å². The molecule has 0 aliphatic rings. The summed E-state index contributed by atoms with van der Waals surface area (Å²) < 4.78 is 44.8. The summed E-state index contributed by atoms with van der Waals surface area (Å²) in [5.41, 5.74) is 5.32. The van der Waals surface area contributed by atoms with E-state index in [-0.39, 0.29) is 12.1 Å². The number of pyridine rings is 1. The number of rotatable bonds is 4. The Morgan fingerprint density at radius 2 is 2.11 bits per heavy atom. The molecule has 18 heavy (non-hydrogen) atoms. The van der Waals surface area contributed by atoms with Crippen LogP contribution < -0.4 is 15.2 Å². The Hall–Kier alpha value is -2.10. The summed E-state index contributed by atoms with van der Waals surface area (Å²) in [6, 6.07) is 0. The standard InChI is InChI=1S/C8H8F3N3O4/c1-17-5-4(2-12)3-13-7(14(15)16)6(5)18-8(9,10)11/h3H,2,12H2,1H3. The van der Waals surface area contributed by atoms with E-state index in [4.69, 9.17) is 5.73 Å². The molecule has 10 heteroatoms. The van der Waals surface area contributed by atoms with Gasteiger partial charge in [0.25, 0.3) is 5.75 Å². The van der Waals surface area contributed by atoms with Crippen molar-refractivity contribution in [2.75, 3.05) is 7.11 Å². The van der Waals surface area contributed by atoms with Crippen molar-refractivity contribution in [2.45, 2.75) is 12.9 Å². The molecule has 100 valence electrons. The second-order valence-corrected chi connectivity index (χ2v) is 2.98. The first-order valence-corrected chi connectivity index (χ1v) is 4.46. The van der Waals surface area contributed by atoms with Gasteiger partial charge in [-0.1, -0.05) is 0 Å². The summed E-state index contributed by atoms with van der Waals surface area (Å²) in [6.45, 7) is -0.206. The largest absolute Gasteiger partial charge is 0.573 e. The molecule has 0 spiro atoms. The van der Waals surface area contributed by atoms with Crippen LogP contribution in [0.5, 0.6) is 11.5 Å². The molecule has 0 atom stereocenters. The molecular weight excluding hydrogens is 259 g/mol. The van der Waals surface area contributed by atoms with Gasteiger partial charge in [0.1, 0.15) is 6.20 Å². The molecule has 1 aromatic heterocycles. The Labute approximate surface area is 98.5 Å². The van der Waals surface area contributed by atoms with Gasteiger partial charge in [-0.3, -0.25) is 0 Å². The Morgan fingerprint density at radius 1 is 1.50 bits per heavy atom. The zero-order chi connectivity index (χ0) is 13.9. The molecule has 7 nitrogen and oxygen atoms in total. The number of nitrogens with zero attached hydrogens (tertiary/aromatic N) is 2. The lowest BCUT2D eigenvalue weighted by Gasteiger charge is -2.13. The normalized spacial score (nSPS) is 11.2. The van der Waals surface area contributed by atoms with Crippen LogP contribution >= 0.6 is 0 Å². The van der Waals surface area contributed by atoms with Gasteiger partial charge in [0, 0.05) is 6.54 Å². The minimum absolute atomic E-state index is 0.0577. The molecule has 1 aromatic rings. The summed E-state index contributed by atoms with van der Waals surface area (Å²) in [6.07, 6.45) is -4.15. The molecule has 0 bridgehead atoms. The Morgan fingerprint density at radius 3 is 2.50 bits per heavy atom. The first kappa shape index (κ1) is 14.0. The van der Waals surface area contributed by atoms with E-state index in [1.165, 1.54) is 0 Å². The van der Waals surface area contributed by atoms with Crippen molar-refractivity contribution in [2.24, 2.45) is 5.73 Å². The molecule has 2 N–H and O–H groups in total. The van der Waals surface area contributed by atoms with Crippen molar-refractivity contribution < 1.29 is 27.6 Å². The number of halogens is 3. The van der Waals surface area contributed by atoms with Gasteiger partial charge in [-0.25, -0.2) is 0 Å². The maximum absolute atomic E-state index is 12.2. The van der Waals surface area contributed by atoms with Crippen LogP contribution in [0.4, 0.5) is 19.0 Å². The van der Waals surface area contributed by atoms with Crippen molar-refractivity contribution in [3.05, 3.63) is 21.9 Å². The second-order valence-electron chi connectivity index (χ2n) is 2.98. The van der Waals surface area contributed by atoms with Crippen molar-refractivity contribution in [3.8, 4) is 11.5 Å². The highest BCUT2D eigenvalue weighted by Gasteiger charge is 2.38. The molecule has 0 fully saturated rings. The monoisotopic (exact) mass is 267 g/mol. The van der Waals surface area contributed by atoms with Crippen LogP contribution in [0.15, 0.2) is 6.20 Å². The fraction of sp³-hybridized carbons (Fsp3) is 0.375. The quantitative estimate of drug-likeness (QED) is 0.652. The second kappa shape index (κ2) is 5.04. The van der Waals surface area contributed by atoms with E-state index >= 15 is 0 Å². The molecule has 0 amide bonds. The van der Waals surface area contributed by atoms with E-state index in [1.807, 2.05) is 0 Å². The summed E-state index contributed by atoms with van der Waals surface area (Å²) in [5, 5.41) is 10.6. The van der Waals surface area contributed by atoms with E-state index in [2.05, 4.69) is 14.5 Å². The minimum Gasteiger partial charge on any atom is -0.492 e. The predicted octanol–water partition coefficient (Wildman–Crippen LogP) is 1.36. The van der Waals surface area contributed by atoms with Crippen LogP contribution in [0.3, 0.4) is 0 Å². The third kappa shape index (κ3) is 2.97. The maximum atomic E-state index is 12.2. The number of methoxy groups -OCH3 is 1. The van der Waals surface area contributed by atoms with E-state index in [0.29, 0.717) is 0 Å². The number of ether oxygens (including phenoxy) is 2. The van der Waals surface area contributed by atoms with Gasteiger partial charge in [0.05, 0.1) is 12.7 Å². The van der Waals surface area contributed by atoms with E-state index < -0.39 is 28.6 Å². The highest BCUT2D eigenvalue weighted by molar-refractivity contribution is 5.55. The molecule has 0 aliphatic carbocycles. The van der Waals surface area contributed by atoms with Crippen molar-refractivity contribution in [3.63, 3.8) is 0 Å². The lowest BCUT2D eigenvalue weighted by molar-refractivity contribution is -0.393. The lowest BCUT2D eigenvalue weighted by Crippen LogP contribution is -2.19. The molecule has 0 saturated heterocycles. The highest BCUT2D eigenvalue weighted by atomic mass is 19.4. The summed E-state index contributed by atoms with van der Waals surface area (Å²) in [4.78, 5) is 12.7. The number of aromatic nitrogens is 1. The molecule has 0 unspecified atom stereocenters. The van der Waals surface area contributed by atoms with Gasteiger partial charge in [-0.15, -0.1) is 13.2 Å². The van der Waals surface area contributed by atoms with Crippen LogP contribution in [0.2, 0.25) is 0 Å². The van der Waals surface area contributed by atoms with Gasteiger partial charge < -0.3 is 25.3 Å². The fourth-order valence-corrected chi connectivity index (χ4v) is 1.21. The molecule has 0 saturated carbocycles. The van der Waals surface area contributed by atoms with Gasteiger partial charge in [0.15, 0.2) is 5.75 Å². The van der Waals surface area contributed by atoms with Crippen molar-refractivity contribution in [1.29, 1.82) is 0 Å². The van der Waals surface area contributed by atoms with Gasteiger partial charge >= 0.3 is 12.2 Å². The molecule has 0 aliphatic heterocycles. The summed E-state index contributed by atoms with van der Waals surface area (Å²) in [7, 11) is 1.04. The topological polar surface area (TPSA) is 101 Å². The predicted molar refractivity (Wildman–Crippen MR) is 52.0 cm³/mol.